The molecule has 2 saturated carbocycles. The maximum atomic E-state index is 15.0. The van der Waals surface area contributed by atoms with Crippen molar-refractivity contribution in [3.8, 4) is 5.88 Å². The zero-order valence-corrected chi connectivity index (χ0v) is 35.3. The highest BCUT2D eigenvalue weighted by Crippen LogP contribution is 2.46. The van der Waals surface area contributed by atoms with Gasteiger partial charge < -0.3 is 25.0 Å². The molecule has 61 heavy (non-hydrogen) atoms. The van der Waals surface area contributed by atoms with Crippen LogP contribution in [-0.4, -0.2) is 114 Å². The van der Waals surface area contributed by atoms with Crippen molar-refractivity contribution in [1.82, 2.24) is 29.5 Å². The minimum absolute atomic E-state index is 0.0305. The SMILES string of the molecule is CC(C)(C)OC(=O)N[C@H]1CN(S(=O)(=O)c2ccccc2[N+](=O)[O-])CCCC=C[C@@H]2C[C@@]2(C(=O)NS(=O)(=O)C2CC2)NC(=O)[C@@H]2C[C@@H](Oc3nccc4ccccc34)CN2C1=O. The molecule has 1 aromatic heterocycles. The summed E-state index contributed by atoms with van der Waals surface area (Å²) in [4.78, 5) is 72.9. The van der Waals surface area contributed by atoms with E-state index in [1.54, 1.807) is 51.1 Å². The lowest BCUT2D eigenvalue weighted by molar-refractivity contribution is -0.387. The second-order valence-corrected chi connectivity index (χ2v) is 20.5. The fraction of sp³-hybridized carbons (Fsp3) is 0.475. The van der Waals surface area contributed by atoms with Crippen LogP contribution in [0.25, 0.3) is 10.8 Å². The molecular weight excluding hydrogens is 835 g/mol. The number of carbonyl (C=O) groups excluding carboxylic acids is 4. The lowest BCUT2D eigenvalue weighted by Crippen LogP contribution is -2.60. The molecule has 0 unspecified atom stereocenters. The number of allylic oxidation sites excluding steroid dienone is 1. The molecule has 3 aromatic rings. The first-order valence-corrected chi connectivity index (χ1v) is 22.9. The van der Waals surface area contributed by atoms with E-state index in [-0.39, 0.29) is 44.7 Å². The van der Waals surface area contributed by atoms with Gasteiger partial charge in [-0.15, -0.1) is 0 Å². The van der Waals surface area contributed by atoms with E-state index in [1.807, 2.05) is 12.1 Å². The number of rotatable bonds is 9. The summed E-state index contributed by atoms with van der Waals surface area (Å²) in [7, 11) is -8.77. The smallest absolute Gasteiger partial charge is 0.408 e. The summed E-state index contributed by atoms with van der Waals surface area (Å²) in [5, 5.41) is 18.0. The number of sulfonamides is 2. The van der Waals surface area contributed by atoms with Crippen LogP contribution in [0.3, 0.4) is 0 Å². The molecule has 5 atom stereocenters. The molecule has 19 nitrogen and oxygen atoms in total. The Labute approximate surface area is 352 Å². The minimum Gasteiger partial charge on any atom is -0.472 e. The molecule has 7 rings (SSSR count). The number of alkyl carbamates (subject to hydrolysis) is 1. The summed E-state index contributed by atoms with van der Waals surface area (Å²) >= 11 is 0. The third kappa shape index (κ3) is 9.47. The maximum absolute atomic E-state index is 15.0. The van der Waals surface area contributed by atoms with Gasteiger partial charge in [0.1, 0.15) is 29.3 Å². The van der Waals surface area contributed by atoms with Crippen LogP contribution in [0.2, 0.25) is 0 Å². The quantitative estimate of drug-likeness (QED) is 0.159. The Hall–Kier alpha value is -5.67. The van der Waals surface area contributed by atoms with Gasteiger partial charge in [0.25, 0.3) is 11.6 Å². The van der Waals surface area contributed by atoms with Gasteiger partial charge in [-0.25, -0.2) is 26.6 Å². The molecule has 2 aliphatic heterocycles. The lowest BCUT2D eigenvalue weighted by atomic mass is 10.1. The van der Waals surface area contributed by atoms with Gasteiger partial charge >= 0.3 is 6.09 Å². The molecule has 2 aromatic carbocycles. The Morgan fingerprint density at radius 3 is 2.46 bits per heavy atom. The number of hydrogen-bond acceptors (Lipinski definition) is 13. The number of nitrogens with one attached hydrogen (secondary N) is 3. The summed E-state index contributed by atoms with van der Waals surface area (Å²) in [5.41, 5.74) is -3.46. The molecule has 0 radical (unpaired) electrons. The second-order valence-electron chi connectivity index (χ2n) is 16.6. The van der Waals surface area contributed by atoms with Crippen LogP contribution in [0.4, 0.5) is 10.5 Å². The average Bonchev–Trinajstić information content (AvgIpc) is 4.12. The minimum atomic E-state index is -4.74. The van der Waals surface area contributed by atoms with Crippen LogP contribution in [-0.2, 0) is 39.2 Å². The van der Waals surface area contributed by atoms with E-state index in [4.69, 9.17) is 9.47 Å². The number of carbonyl (C=O) groups is 4. The number of para-hydroxylation sites is 1. The van der Waals surface area contributed by atoms with E-state index in [0.29, 0.717) is 18.2 Å². The van der Waals surface area contributed by atoms with Crippen molar-refractivity contribution in [2.24, 2.45) is 5.92 Å². The average molecular weight is 882 g/mol. The molecule has 2 aliphatic carbocycles. The molecule has 1 saturated heterocycles. The van der Waals surface area contributed by atoms with Crippen molar-refractivity contribution in [3.05, 3.63) is 83.1 Å². The van der Waals surface area contributed by atoms with Gasteiger partial charge in [0.2, 0.25) is 37.7 Å². The number of aromatic nitrogens is 1. The second kappa shape index (κ2) is 16.7. The van der Waals surface area contributed by atoms with Crippen molar-refractivity contribution >= 4 is 60.3 Å². The van der Waals surface area contributed by atoms with Crippen LogP contribution in [0.5, 0.6) is 5.88 Å². The Kier molecular flexibility index (Phi) is 11.9. The van der Waals surface area contributed by atoms with Crippen molar-refractivity contribution < 1.29 is 50.4 Å². The van der Waals surface area contributed by atoms with Crippen LogP contribution in [0.1, 0.15) is 59.3 Å². The molecular formula is C40H47N7O12S2. The Balaban J connectivity index is 1.29. The van der Waals surface area contributed by atoms with E-state index in [2.05, 4.69) is 20.3 Å². The van der Waals surface area contributed by atoms with Crippen molar-refractivity contribution in [2.45, 2.75) is 98.8 Å². The number of nitro benzene ring substituents is 1. The summed E-state index contributed by atoms with van der Waals surface area (Å²) in [6, 6.07) is 10.7. The van der Waals surface area contributed by atoms with Crippen molar-refractivity contribution in [1.29, 1.82) is 0 Å². The molecule has 21 heteroatoms. The van der Waals surface area contributed by atoms with Crippen molar-refractivity contribution in [3.63, 3.8) is 0 Å². The van der Waals surface area contributed by atoms with Crippen LogP contribution in [0, 0.1) is 16.0 Å². The zero-order valence-electron chi connectivity index (χ0n) is 33.7. The van der Waals surface area contributed by atoms with E-state index in [1.165, 1.54) is 18.3 Å². The number of nitrogens with zero attached hydrogens (tertiary/aromatic N) is 4. The van der Waals surface area contributed by atoms with Crippen LogP contribution < -0.4 is 20.1 Å². The topological polar surface area (TPSA) is 254 Å². The standard InChI is InChI=1S/C40H47N7O12S2/c1-39(2,3)59-38(51)42-30-24-45(61(56,57)33-15-9-8-14-31(33)47(52)53)20-10-4-5-12-26-22-40(26,37(50)44-60(54,55)28-16-17-28)43-34(48)32-21-27(23-46(32)36(30)49)58-35-29-13-7-6-11-25(29)18-19-41-35/h5-9,11-15,18-19,26-28,30,32H,4,10,16-17,20-24H2,1-3H3,(H,42,51)(H,43,48)(H,44,50)/t26-,27-,30+,32+,40-/m1/s1. The number of benzene rings is 2. The molecule has 3 heterocycles. The predicted molar refractivity (Wildman–Crippen MR) is 219 cm³/mol. The third-order valence-corrected chi connectivity index (χ3v) is 14.7. The number of ether oxygens (including phenoxy) is 2. The number of pyridine rings is 1. The van der Waals surface area contributed by atoms with Gasteiger partial charge in [-0.2, -0.15) is 4.31 Å². The van der Waals surface area contributed by atoms with Crippen molar-refractivity contribution in [2.75, 3.05) is 19.6 Å². The molecule has 0 spiro atoms. The van der Waals surface area contributed by atoms with E-state index < -0.39 is 106 Å². The molecule has 3 N–H and O–H groups in total. The van der Waals surface area contributed by atoms with E-state index in [9.17, 15) is 46.1 Å². The predicted octanol–water partition coefficient (Wildman–Crippen LogP) is 2.91. The van der Waals surface area contributed by atoms with E-state index >= 15 is 0 Å². The highest BCUT2D eigenvalue weighted by atomic mass is 32.2. The molecule has 4 aliphatic rings. The number of fused-ring (bicyclic) bond motifs is 3. The lowest BCUT2D eigenvalue weighted by Gasteiger charge is -2.32. The Morgan fingerprint density at radius 1 is 1.02 bits per heavy atom. The highest BCUT2D eigenvalue weighted by molar-refractivity contribution is 7.91. The fourth-order valence-corrected chi connectivity index (χ4v) is 10.7. The van der Waals surface area contributed by atoms with Crippen LogP contribution in [0.15, 0.2) is 77.8 Å². The van der Waals surface area contributed by atoms with Gasteiger partial charge in [0.15, 0.2) is 4.90 Å². The first kappa shape index (κ1) is 43.4. The van der Waals surface area contributed by atoms with Gasteiger partial charge in [0, 0.05) is 43.1 Å². The normalized spacial score (nSPS) is 25.3. The molecule has 0 bridgehead atoms. The summed E-state index contributed by atoms with van der Waals surface area (Å²) in [5.74, 6) is -3.14. The molecule has 4 amide bonds. The summed E-state index contributed by atoms with van der Waals surface area (Å²) in [6.45, 7) is 3.46. The first-order valence-electron chi connectivity index (χ1n) is 19.9. The Morgan fingerprint density at radius 2 is 1.74 bits per heavy atom. The fourth-order valence-electron chi connectivity index (χ4n) is 7.65. The zero-order chi connectivity index (χ0) is 43.9. The molecule has 3 fully saturated rings. The first-order chi connectivity index (χ1) is 28.8. The summed E-state index contributed by atoms with van der Waals surface area (Å²) < 4.78 is 69.5. The van der Waals surface area contributed by atoms with E-state index in [0.717, 1.165) is 26.7 Å². The van der Waals surface area contributed by atoms with Gasteiger partial charge in [-0.1, -0.05) is 42.5 Å². The largest absolute Gasteiger partial charge is 0.472 e. The van der Waals surface area contributed by atoms with Gasteiger partial charge in [-0.3, -0.25) is 29.2 Å². The Bertz CT molecular complexity index is 2500. The molecule has 326 valence electrons. The summed E-state index contributed by atoms with van der Waals surface area (Å²) in [6.07, 6.45) is 3.83. The number of amides is 4. The van der Waals surface area contributed by atoms with Gasteiger partial charge in [-0.05, 0) is 76.5 Å². The number of hydrogen-bond donors (Lipinski definition) is 3. The van der Waals surface area contributed by atoms with Gasteiger partial charge in [0.05, 0.1) is 16.7 Å². The number of nitro groups is 1. The third-order valence-electron chi connectivity index (χ3n) is 10.9. The monoisotopic (exact) mass is 881 g/mol. The van der Waals surface area contributed by atoms with Crippen LogP contribution >= 0.6 is 0 Å². The highest BCUT2D eigenvalue weighted by Gasteiger charge is 2.62. The maximum Gasteiger partial charge on any atom is 0.408 e.